The first kappa shape index (κ1) is 54.4. The standard InChI is InChI=1S/C28H37N3O3.C10H14N2.C8H19N3O4.C2H6/c1-4-27-24(19-31-20-26(29-30-31)23-11-6-5-7-12-23)18-22(3)14-16-25(32)13-9-8-10-21(2)15-17-28(33)34-27;1-2-12-8-10(11)9-6-4-3-5-7-9;1-5(12)6(10(2)3)7-8(13-4)11(7)15-14-9;1-2/h5-7,11-12,14,16,18,20-21,24,27H,4,8-10,13,15,17,19H2,1-3H3;3-8,12H,2,11H2,1H3;5-8,12H,9H2,1-4H3;1-2H3/b16-14+,22-18+;10-8-;;/t21-,24?,27?;;;/m1.../s1. The van der Waals surface area contributed by atoms with Crippen LogP contribution in [0, 0.1) is 11.8 Å². The summed E-state index contributed by atoms with van der Waals surface area (Å²) in [5.41, 5.74) is 10.4. The van der Waals surface area contributed by atoms with Crippen LogP contribution in [-0.2, 0) is 35.6 Å². The number of allylic oxidation sites excluding steroid dienone is 3. The van der Waals surface area contributed by atoms with Gasteiger partial charge in [-0.1, -0.05) is 124 Å². The van der Waals surface area contributed by atoms with E-state index >= 15 is 0 Å². The average molecular weight is 877 g/mol. The lowest BCUT2D eigenvalue weighted by molar-refractivity contribution is -0.408. The van der Waals surface area contributed by atoms with Crippen molar-refractivity contribution in [3.8, 4) is 11.3 Å². The zero-order chi connectivity index (χ0) is 46.7. The molecule has 3 heterocycles. The zero-order valence-corrected chi connectivity index (χ0v) is 39.4. The molecule has 0 aliphatic carbocycles. The van der Waals surface area contributed by atoms with Gasteiger partial charge < -0.3 is 30.5 Å². The minimum absolute atomic E-state index is 0.0893. The van der Waals surface area contributed by atoms with Crippen LogP contribution in [0.4, 0.5) is 0 Å². The lowest BCUT2D eigenvalue weighted by Gasteiger charge is -2.26. The molecule has 15 heteroatoms. The van der Waals surface area contributed by atoms with Crippen LogP contribution in [0.2, 0.25) is 0 Å². The third-order valence-electron chi connectivity index (χ3n) is 10.5. The molecule has 0 radical (unpaired) electrons. The molecule has 0 bridgehead atoms. The maximum atomic E-state index is 12.7. The van der Waals surface area contributed by atoms with E-state index in [1.165, 1.54) is 5.06 Å². The van der Waals surface area contributed by atoms with Gasteiger partial charge in [0.15, 0.2) is 12.0 Å². The summed E-state index contributed by atoms with van der Waals surface area (Å²) in [6.07, 6.45) is 13.8. The monoisotopic (exact) mass is 877 g/mol. The molecule has 1 fully saturated rings. The second-order valence-corrected chi connectivity index (χ2v) is 15.8. The number of nitrogens with two attached hydrogens (primary N) is 2. The Labute approximate surface area is 376 Å². The molecule has 15 nitrogen and oxygen atoms in total. The summed E-state index contributed by atoms with van der Waals surface area (Å²) in [5, 5.41) is 22.8. The minimum Gasteiger partial charge on any atom is -0.462 e. The summed E-state index contributed by atoms with van der Waals surface area (Å²) in [6.45, 7) is 15.4. The highest BCUT2D eigenvalue weighted by molar-refractivity contribution is 5.90. The number of cyclic esters (lactones) is 1. The van der Waals surface area contributed by atoms with Gasteiger partial charge in [0, 0.05) is 44.2 Å². The lowest BCUT2D eigenvalue weighted by atomic mass is 9.95. The number of hydroxylamine groups is 2. The van der Waals surface area contributed by atoms with E-state index < -0.39 is 6.10 Å². The highest BCUT2D eigenvalue weighted by atomic mass is 17.3. The topological polar surface area (TPSA) is 192 Å². The second kappa shape index (κ2) is 30.4. The first-order valence-corrected chi connectivity index (χ1v) is 22.3. The van der Waals surface area contributed by atoms with Crippen LogP contribution in [0.3, 0.4) is 0 Å². The van der Waals surface area contributed by atoms with Crippen molar-refractivity contribution >= 4 is 17.4 Å². The van der Waals surface area contributed by atoms with Gasteiger partial charge in [-0.2, -0.15) is 5.90 Å². The van der Waals surface area contributed by atoms with Crippen molar-refractivity contribution < 1.29 is 34.1 Å². The van der Waals surface area contributed by atoms with Gasteiger partial charge in [-0.05, 0) is 71.7 Å². The molecule has 5 rings (SSSR count). The molecule has 3 aromatic rings. The number of esters is 1. The molecule has 2 aliphatic heterocycles. The molecule has 1 saturated heterocycles. The van der Waals surface area contributed by atoms with Gasteiger partial charge in [-0.3, -0.25) is 14.3 Å². The number of benzene rings is 2. The number of ether oxygens (including phenoxy) is 2. The molecule has 0 amide bonds. The molecule has 63 heavy (non-hydrogen) atoms. The molecule has 6 N–H and O–H groups in total. The van der Waals surface area contributed by atoms with Crippen molar-refractivity contribution in [2.45, 2.75) is 130 Å². The number of aliphatic hydroxyl groups is 1. The number of hydrogen-bond acceptors (Lipinski definition) is 14. The van der Waals surface area contributed by atoms with Crippen molar-refractivity contribution in [2.75, 3.05) is 27.7 Å². The van der Waals surface area contributed by atoms with Crippen LogP contribution in [0.15, 0.2) is 96.9 Å². The average Bonchev–Trinajstić information content (AvgIpc) is 3.73. The number of rotatable bonds is 13. The van der Waals surface area contributed by atoms with E-state index in [0.29, 0.717) is 31.7 Å². The van der Waals surface area contributed by atoms with E-state index in [1.807, 2.05) is 137 Å². The van der Waals surface area contributed by atoms with Crippen molar-refractivity contribution in [3.63, 3.8) is 0 Å². The van der Waals surface area contributed by atoms with Crippen LogP contribution in [0.25, 0.3) is 17.0 Å². The number of ketones is 1. The number of methoxy groups -OCH3 is 1. The molecule has 1 aromatic heterocycles. The fourth-order valence-corrected chi connectivity index (χ4v) is 7.18. The fraction of sp³-hybridized carbons (Fsp3) is 0.542. The lowest BCUT2D eigenvalue weighted by Crippen LogP contribution is -2.43. The van der Waals surface area contributed by atoms with Gasteiger partial charge in [-0.15, -0.1) is 20.1 Å². The molecule has 0 spiro atoms. The Morgan fingerprint density at radius 3 is 2.29 bits per heavy atom. The first-order valence-electron chi connectivity index (χ1n) is 22.3. The van der Waals surface area contributed by atoms with Gasteiger partial charge in [0.05, 0.1) is 30.6 Å². The first-order chi connectivity index (χ1) is 30.3. The van der Waals surface area contributed by atoms with Gasteiger partial charge in [0.1, 0.15) is 17.8 Å². The Morgan fingerprint density at radius 2 is 1.70 bits per heavy atom. The number of carbonyl (C=O) groups is 2. The van der Waals surface area contributed by atoms with Gasteiger partial charge in [-0.25, -0.2) is 0 Å². The number of aliphatic hydroxyl groups excluding tert-OH is 1. The summed E-state index contributed by atoms with van der Waals surface area (Å²) < 4.78 is 12.9. The fourth-order valence-electron chi connectivity index (χ4n) is 7.18. The maximum absolute atomic E-state index is 12.7. The third-order valence-corrected chi connectivity index (χ3v) is 10.5. The van der Waals surface area contributed by atoms with E-state index in [1.54, 1.807) is 20.1 Å². The Bertz CT molecular complexity index is 1790. The Kier molecular flexibility index (Phi) is 26.2. The summed E-state index contributed by atoms with van der Waals surface area (Å²) in [7, 11) is 5.32. The second-order valence-electron chi connectivity index (χ2n) is 15.8. The smallest absolute Gasteiger partial charge is 0.306 e. The Hall–Kier alpha value is -4.74. The quantitative estimate of drug-likeness (QED) is 0.0583. The van der Waals surface area contributed by atoms with E-state index in [2.05, 4.69) is 33.6 Å². The molecular weight excluding hydrogens is 801 g/mol. The minimum atomic E-state index is -0.506. The van der Waals surface area contributed by atoms with Crippen LogP contribution < -0.4 is 16.9 Å². The predicted molar refractivity (Wildman–Crippen MR) is 249 cm³/mol. The van der Waals surface area contributed by atoms with Crippen molar-refractivity contribution in [1.29, 1.82) is 0 Å². The van der Waals surface area contributed by atoms with Crippen LogP contribution >= 0.6 is 0 Å². The highest BCUT2D eigenvalue weighted by Gasteiger charge is 2.57. The molecular formula is C48H76N8O7. The SMILES string of the molecule is CC.CCC1OC(=O)CC[C@H](C)CCCCC(=O)/C=C/C(C)=C/C1Cn1cc(-c2ccccc2)nn1.CCN/C=C(\N)c1ccccc1.COC1C(C(C(C)O)N(C)C)N1OON. The van der Waals surface area contributed by atoms with Crippen LogP contribution in [-0.4, -0.2) is 100 Å². The number of nitrogens with zero attached hydrogens (tertiary/aromatic N) is 5. The van der Waals surface area contributed by atoms with Crippen molar-refractivity contribution in [3.05, 3.63) is 102 Å². The van der Waals surface area contributed by atoms with E-state index in [0.717, 1.165) is 60.3 Å². The van der Waals surface area contributed by atoms with Crippen LogP contribution in [0.5, 0.6) is 0 Å². The Balaban J connectivity index is 0.000000385. The number of likely N-dealkylation sites (N-methyl/N-ethyl adjacent to an activating group) is 1. The number of aromatic nitrogens is 3. The van der Waals surface area contributed by atoms with E-state index in [4.69, 9.17) is 26.1 Å². The molecule has 2 aliphatic rings. The van der Waals surface area contributed by atoms with Gasteiger partial charge >= 0.3 is 5.97 Å². The maximum Gasteiger partial charge on any atom is 0.306 e. The number of hydrogen-bond donors (Lipinski definition) is 4. The highest BCUT2D eigenvalue weighted by Crippen LogP contribution is 2.35. The van der Waals surface area contributed by atoms with Gasteiger partial charge in [0.2, 0.25) is 0 Å². The number of nitrogens with one attached hydrogen (secondary N) is 1. The third kappa shape index (κ3) is 19.7. The van der Waals surface area contributed by atoms with E-state index in [-0.39, 0.29) is 42.1 Å². The predicted octanol–water partition coefficient (Wildman–Crippen LogP) is 7.22. The van der Waals surface area contributed by atoms with Gasteiger partial charge in [0.25, 0.3) is 0 Å². The molecule has 8 atom stereocenters. The Morgan fingerprint density at radius 1 is 1.03 bits per heavy atom. The summed E-state index contributed by atoms with van der Waals surface area (Å²) in [5.74, 6) is 5.17. The normalized spacial score (nSPS) is 24.3. The summed E-state index contributed by atoms with van der Waals surface area (Å²) in [6, 6.07) is 19.6. The van der Waals surface area contributed by atoms with Crippen molar-refractivity contribution in [1.82, 2.24) is 30.3 Å². The zero-order valence-electron chi connectivity index (χ0n) is 39.4. The number of carbonyl (C=O) groups excluding carboxylic acids is 2. The molecule has 7 unspecified atom stereocenters. The molecule has 350 valence electrons. The molecule has 0 saturated carbocycles. The van der Waals surface area contributed by atoms with E-state index in [9.17, 15) is 14.7 Å². The largest absolute Gasteiger partial charge is 0.462 e. The van der Waals surface area contributed by atoms with Crippen molar-refractivity contribution in [2.24, 2.45) is 23.5 Å². The summed E-state index contributed by atoms with van der Waals surface area (Å²) in [4.78, 5) is 35.6. The van der Waals surface area contributed by atoms with Crippen LogP contribution in [0.1, 0.15) is 99.0 Å². The summed E-state index contributed by atoms with van der Waals surface area (Å²) >= 11 is 0. The molecule has 2 aromatic carbocycles.